The van der Waals surface area contributed by atoms with Crippen molar-refractivity contribution in [2.24, 2.45) is 4.99 Å². The lowest BCUT2D eigenvalue weighted by molar-refractivity contribution is 0.665. The molecule has 6 heteroatoms. The minimum atomic E-state index is 0. The van der Waals surface area contributed by atoms with Crippen LogP contribution in [0.5, 0.6) is 0 Å². The highest BCUT2D eigenvalue weighted by Gasteiger charge is 1.99. The van der Waals surface area contributed by atoms with E-state index in [0.29, 0.717) is 0 Å². The third-order valence-corrected chi connectivity index (χ3v) is 3.80. The topological polar surface area (TPSA) is 44.6 Å². The van der Waals surface area contributed by atoms with Gasteiger partial charge in [-0.3, -0.25) is 4.99 Å². The lowest BCUT2D eigenvalue weighted by atomic mass is 10.1. The van der Waals surface area contributed by atoms with Crippen LogP contribution in [-0.2, 0) is 13.0 Å². The Labute approximate surface area is 168 Å². The third kappa shape index (κ3) is 7.81. The Hall–Kier alpha value is -1.70. The van der Waals surface area contributed by atoms with Crippen LogP contribution in [0.15, 0.2) is 53.8 Å². The summed E-state index contributed by atoms with van der Waals surface area (Å²) in [5.41, 5.74) is 2.54. The van der Waals surface area contributed by atoms with Crippen LogP contribution >= 0.6 is 24.0 Å². The maximum Gasteiger partial charge on any atom is 0.191 e. The maximum absolute atomic E-state index is 4.66. The van der Waals surface area contributed by atoms with Crippen molar-refractivity contribution in [2.75, 3.05) is 38.6 Å². The van der Waals surface area contributed by atoms with Gasteiger partial charge in [-0.1, -0.05) is 12.1 Å². The molecule has 2 aromatic rings. The Morgan fingerprint density at radius 1 is 1.08 bits per heavy atom. The van der Waals surface area contributed by atoms with Gasteiger partial charge in [0.15, 0.2) is 5.96 Å². The molecule has 5 nitrogen and oxygen atoms in total. The maximum atomic E-state index is 4.66. The Kier molecular flexibility index (Phi) is 10.1. The zero-order valence-corrected chi connectivity index (χ0v) is 17.7. The number of guanidine groups is 1. The van der Waals surface area contributed by atoms with Gasteiger partial charge < -0.3 is 20.1 Å². The SMILES string of the molecule is CCNC(=NCCc1ccc(N(C)C)cc1)NCCn1cccc1.I. The number of aliphatic imine (C=N–C) groups is 1. The van der Waals surface area contributed by atoms with Gasteiger partial charge in [-0.15, -0.1) is 24.0 Å². The first kappa shape index (κ1) is 21.3. The molecule has 25 heavy (non-hydrogen) atoms. The van der Waals surface area contributed by atoms with E-state index in [1.807, 2.05) is 12.1 Å². The summed E-state index contributed by atoms with van der Waals surface area (Å²) in [6.45, 7) is 5.53. The molecule has 0 unspecified atom stereocenters. The van der Waals surface area contributed by atoms with Crippen molar-refractivity contribution in [1.82, 2.24) is 15.2 Å². The van der Waals surface area contributed by atoms with Crippen molar-refractivity contribution in [1.29, 1.82) is 0 Å². The Morgan fingerprint density at radius 2 is 1.76 bits per heavy atom. The van der Waals surface area contributed by atoms with Crippen LogP contribution in [0.4, 0.5) is 5.69 Å². The van der Waals surface area contributed by atoms with Gasteiger partial charge in [-0.05, 0) is 43.2 Å². The molecule has 0 saturated heterocycles. The molecule has 0 aliphatic carbocycles. The first-order chi connectivity index (χ1) is 11.7. The van der Waals surface area contributed by atoms with Gasteiger partial charge in [-0.2, -0.15) is 0 Å². The summed E-state index contributed by atoms with van der Waals surface area (Å²) in [5, 5.41) is 6.68. The van der Waals surface area contributed by atoms with E-state index in [2.05, 4.69) is 82.8 Å². The molecule has 0 amide bonds. The molecule has 0 atom stereocenters. The van der Waals surface area contributed by atoms with Gasteiger partial charge in [0.05, 0.1) is 0 Å². The fraction of sp³-hybridized carbons (Fsp3) is 0.421. The smallest absolute Gasteiger partial charge is 0.191 e. The molecule has 0 aliphatic heterocycles. The van der Waals surface area contributed by atoms with E-state index in [1.165, 1.54) is 11.3 Å². The highest BCUT2D eigenvalue weighted by Crippen LogP contribution is 2.12. The summed E-state index contributed by atoms with van der Waals surface area (Å²) < 4.78 is 2.16. The number of halogens is 1. The van der Waals surface area contributed by atoms with Gasteiger partial charge >= 0.3 is 0 Å². The van der Waals surface area contributed by atoms with Crippen LogP contribution in [0.2, 0.25) is 0 Å². The minimum absolute atomic E-state index is 0. The number of aromatic nitrogens is 1. The molecular formula is C19H30IN5. The van der Waals surface area contributed by atoms with Gasteiger partial charge in [0.1, 0.15) is 0 Å². The predicted molar refractivity (Wildman–Crippen MR) is 118 cm³/mol. The Morgan fingerprint density at radius 3 is 2.36 bits per heavy atom. The lowest BCUT2D eigenvalue weighted by Gasteiger charge is -2.13. The zero-order chi connectivity index (χ0) is 17.2. The van der Waals surface area contributed by atoms with Crippen molar-refractivity contribution in [3.8, 4) is 0 Å². The van der Waals surface area contributed by atoms with Crippen LogP contribution < -0.4 is 15.5 Å². The predicted octanol–water partition coefficient (Wildman–Crippen LogP) is 2.97. The molecule has 0 fully saturated rings. The highest BCUT2D eigenvalue weighted by atomic mass is 127. The van der Waals surface area contributed by atoms with Gasteiger partial charge in [-0.25, -0.2) is 0 Å². The number of hydrogen-bond donors (Lipinski definition) is 2. The molecule has 1 heterocycles. The minimum Gasteiger partial charge on any atom is -0.378 e. The molecule has 2 rings (SSSR count). The second kappa shape index (κ2) is 11.8. The summed E-state index contributed by atoms with van der Waals surface area (Å²) in [5.74, 6) is 0.884. The number of rotatable bonds is 8. The monoisotopic (exact) mass is 455 g/mol. The number of nitrogens with zero attached hydrogens (tertiary/aromatic N) is 3. The number of anilines is 1. The van der Waals surface area contributed by atoms with Crippen molar-refractivity contribution >= 4 is 35.6 Å². The quantitative estimate of drug-likeness (QED) is 0.366. The van der Waals surface area contributed by atoms with E-state index in [0.717, 1.165) is 38.6 Å². The molecule has 0 saturated carbocycles. The summed E-state index contributed by atoms with van der Waals surface area (Å²) in [6, 6.07) is 12.7. The first-order valence-corrected chi connectivity index (χ1v) is 8.58. The van der Waals surface area contributed by atoms with E-state index >= 15 is 0 Å². The molecule has 138 valence electrons. The Balaban J connectivity index is 0.00000312. The van der Waals surface area contributed by atoms with Crippen molar-refractivity contribution in [3.05, 3.63) is 54.4 Å². The second-order valence-corrected chi connectivity index (χ2v) is 5.92. The third-order valence-electron chi connectivity index (χ3n) is 3.80. The van der Waals surface area contributed by atoms with E-state index in [-0.39, 0.29) is 24.0 Å². The van der Waals surface area contributed by atoms with Gasteiger partial charge in [0, 0.05) is 58.4 Å². The van der Waals surface area contributed by atoms with Crippen LogP contribution in [0, 0.1) is 0 Å². The van der Waals surface area contributed by atoms with Gasteiger partial charge in [0.2, 0.25) is 0 Å². The summed E-state index contributed by atoms with van der Waals surface area (Å²) in [6.07, 6.45) is 5.09. The largest absolute Gasteiger partial charge is 0.378 e. The van der Waals surface area contributed by atoms with Crippen molar-refractivity contribution in [3.63, 3.8) is 0 Å². The standard InChI is InChI=1S/C19H29N5.HI/c1-4-20-19(22-13-16-24-14-5-6-15-24)21-12-11-17-7-9-18(10-8-17)23(2)3;/h5-10,14-15H,4,11-13,16H2,1-3H3,(H2,20,21,22);1H. The summed E-state index contributed by atoms with van der Waals surface area (Å²) in [7, 11) is 4.11. The Bertz CT molecular complexity index is 605. The molecule has 0 spiro atoms. The average Bonchev–Trinajstić information content (AvgIpc) is 3.09. The average molecular weight is 455 g/mol. The molecule has 0 radical (unpaired) electrons. The van der Waals surface area contributed by atoms with E-state index in [4.69, 9.17) is 0 Å². The van der Waals surface area contributed by atoms with Crippen LogP contribution in [0.1, 0.15) is 12.5 Å². The van der Waals surface area contributed by atoms with Crippen LogP contribution in [0.3, 0.4) is 0 Å². The second-order valence-electron chi connectivity index (χ2n) is 5.92. The molecule has 1 aromatic carbocycles. The first-order valence-electron chi connectivity index (χ1n) is 8.58. The molecule has 1 aromatic heterocycles. The normalized spacial score (nSPS) is 10.9. The number of hydrogen-bond acceptors (Lipinski definition) is 2. The van der Waals surface area contributed by atoms with Crippen LogP contribution in [0.25, 0.3) is 0 Å². The number of benzene rings is 1. The molecular weight excluding hydrogens is 425 g/mol. The summed E-state index contributed by atoms with van der Waals surface area (Å²) in [4.78, 5) is 6.77. The highest BCUT2D eigenvalue weighted by molar-refractivity contribution is 14.0. The molecule has 0 aliphatic rings. The lowest BCUT2D eigenvalue weighted by Crippen LogP contribution is -2.39. The van der Waals surface area contributed by atoms with Gasteiger partial charge in [0.25, 0.3) is 0 Å². The summed E-state index contributed by atoms with van der Waals surface area (Å²) >= 11 is 0. The fourth-order valence-corrected chi connectivity index (χ4v) is 2.42. The van der Waals surface area contributed by atoms with E-state index in [9.17, 15) is 0 Å². The molecule has 2 N–H and O–H groups in total. The van der Waals surface area contributed by atoms with Crippen LogP contribution in [-0.4, -0.2) is 44.3 Å². The zero-order valence-electron chi connectivity index (χ0n) is 15.4. The fourth-order valence-electron chi connectivity index (χ4n) is 2.42. The van der Waals surface area contributed by atoms with Crippen molar-refractivity contribution < 1.29 is 0 Å². The van der Waals surface area contributed by atoms with E-state index < -0.39 is 0 Å². The number of nitrogens with one attached hydrogen (secondary N) is 2. The molecule has 0 bridgehead atoms. The van der Waals surface area contributed by atoms with Crippen molar-refractivity contribution in [2.45, 2.75) is 19.9 Å². The van der Waals surface area contributed by atoms with E-state index in [1.54, 1.807) is 0 Å².